The van der Waals surface area contributed by atoms with Crippen molar-refractivity contribution in [2.75, 3.05) is 19.8 Å². The molecule has 0 spiro atoms. The zero-order chi connectivity index (χ0) is 54.9. The van der Waals surface area contributed by atoms with Crippen molar-refractivity contribution >= 4 is 5.97 Å². The van der Waals surface area contributed by atoms with Crippen molar-refractivity contribution < 1.29 is 109 Å². The number of rotatable bonds is 10. The minimum atomic E-state index is -1.84. The van der Waals surface area contributed by atoms with Gasteiger partial charge in [0.05, 0.1) is 43.0 Å². The predicted molar refractivity (Wildman–Crippen MR) is 257 cm³/mol. The minimum Gasteiger partial charge on any atom is -0.432 e. The van der Waals surface area contributed by atoms with Crippen molar-refractivity contribution in [2.45, 2.75) is 242 Å². The van der Waals surface area contributed by atoms with Gasteiger partial charge in [-0.15, -0.1) is 0 Å². The molecule has 13 N–H and O–H groups in total. The molecular formula is C53H86O22. The Bertz CT molecular complexity index is 2070. The van der Waals surface area contributed by atoms with Gasteiger partial charge in [-0.2, -0.15) is 0 Å². The summed E-state index contributed by atoms with van der Waals surface area (Å²) in [4.78, 5) is 14.8. The zero-order valence-electron chi connectivity index (χ0n) is 44.4. The van der Waals surface area contributed by atoms with Crippen molar-refractivity contribution in [1.29, 1.82) is 0 Å². The van der Waals surface area contributed by atoms with Crippen LogP contribution in [0.1, 0.15) is 113 Å². The summed E-state index contributed by atoms with van der Waals surface area (Å²) in [5.74, 6) is -1.31. The molecular weight excluding hydrogens is 989 g/mol. The lowest BCUT2D eigenvalue weighted by molar-refractivity contribution is -0.388. The fraction of sp³-hybridized carbons (Fsp3) is 0.943. The molecule has 9 aliphatic rings. The number of ether oxygens (including phenoxy) is 8. The van der Waals surface area contributed by atoms with E-state index in [4.69, 9.17) is 37.9 Å². The first-order chi connectivity index (χ1) is 35.0. The Morgan fingerprint density at radius 1 is 0.613 bits per heavy atom. The highest BCUT2D eigenvalue weighted by Gasteiger charge is 2.72. The molecule has 8 fully saturated rings. The van der Waals surface area contributed by atoms with Crippen molar-refractivity contribution in [3.05, 3.63) is 11.6 Å². The normalized spacial score (nSPS) is 55.8. The number of hydrogen-bond acceptors (Lipinski definition) is 22. The Hall–Kier alpha value is -1.59. The van der Waals surface area contributed by atoms with Crippen LogP contribution in [0.15, 0.2) is 11.6 Å². The number of fused-ring (bicyclic) bond motifs is 7. The maximum absolute atomic E-state index is 14.8. The minimum absolute atomic E-state index is 0.0741. The second-order valence-electron chi connectivity index (χ2n) is 25.5. The average Bonchev–Trinajstić information content (AvgIpc) is 3.38. The van der Waals surface area contributed by atoms with E-state index in [-0.39, 0.29) is 35.2 Å². The number of aliphatic hydroxyl groups is 13. The van der Waals surface area contributed by atoms with E-state index in [1.54, 1.807) is 6.92 Å². The highest BCUT2D eigenvalue weighted by Crippen LogP contribution is 2.76. The van der Waals surface area contributed by atoms with Gasteiger partial charge in [-0.25, -0.2) is 0 Å². The van der Waals surface area contributed by atoms with E-state index >= 15 is 0 Å². The van der Waals surface area contributed by atoms with E-state index in [9.17, 15) is 71.2 Å². The Labute approximate surface area is 437 Å². The van der Waals surface area contributed by atoms with Gasteiger partial charge in [0, 0.05) is 5.92 Å². The third kappa shape index (κ3) is 9.12. The Morgan fingerprint density at radius 2 is 1.19 bits per heavy atom. The molecule has 4 heterocycles. The van der Waals surface area contributed by atoms with E-state index < -0.39 is 170 Å². The fourth-order valence-electron chi connectivity index (χ4n) is 16.4. The van der Waals surface area contributed by atoms with Crippen LogP contribution in [0.5, 0.6) is 0 Å². The molecule has 4 saturated carbocycles. The Kier molecular flexibility index (Phi) is 16.1. The largest absolute Gasteiger partial charge is 0.432 e. The lowest BCUT2D eigenvalue weighted by Crippen LogP contribution is -2.68. The SMILES string of the molecule is C[C@@H]1O[C@@H](O[C@H]2[C@H](O[C@H]3CC[C@]4(C)[C@H]5CC=C6[C@H]7[C@](C(=O)O[C@@H]8O[C@H](CO)[C@@H](O)[C@H](O)[C@H]8O)(CC[C@H](C)[C@@]7(C)O)CC[C@@]6(C)[C@]5(C)CC[C@H]4C3(C)C)OC[C@H](O)[C@@H]2O[C@@H]2O[C@H](CO)[C@@H](O)[C@H](O)[C@H]2O)[C@H](O)[C@H](O)[C@H]1O. The predicted octanol–water partition coefficient (Wildman–Crippen LogP) is -1.40. The smallest absolute Gasteiger partial charge is 0.315 e. The van der Waals surface area contributed by atoms with Crippen molar-refractivity contribution in [3.8, 4) is 0 Å². The maximum Gasteiger partial charge on any atom is 0.315 e. The van der Waals surface area contributed by atoms with Crippen molar-refractivity contribution in [3.63, 3.8) is 0 Å². The average molecular weight is 1080 g/mol. The molecule has 4 aliphatic heterocycles. The first-order valence-corrected chi connectivity index (χ1v) is 27.3. The fourth-order valence-corrected chi connectivity index (χ4v) is 16.4. The van der Waals surface area contributed by atoms with Crippen LogP contribution in [0.4, 0.5) is 0 Å². The van der Waals surface area contributed by atoms with E-state index in [1.807, 2.05) is 6.92 Å². The molecule has 9 rings (SSSR count). The standard InChI is InChI=1S/C53H86O22/c1-22-11-16-53(47(66)75-45-39(65)36(62)33(59)27(20-55)71-45)18-17-50(6)24(42(53)52(22,8)67)9-10-29-49(5)14-13-30(48(3,4)28(49)12-15-51(29,50)7)72-46-41(74-43-37(63)34(60)31(57)23(2)69-43)40(25(56)21-68-46)73-44-38(64)35(61)32(58)26(19-54)70-44/h9,22-23,25-46,54-65,67H,10-21H2,1-8H3/t22-,23-,25-,26+,27+,28-,29+,30-,31-,32+,33+,34+,35-,36-,37+,38+,39+,40-,41+,42+,43-,44-,45-,46-,49-,50+,51+,52+,53-/m0/s1. The maximum atomic E-state index is 14.8. The van der Waals surface area contributed by atoms with Gasteiger partial charge in [0.2, 0.25) is 6.29 Å². The molecule has 0 unspecified atom stereocenters. The number of aliphatic hydroxyl groups excluding tert-OH is 12. The summed E-state index contributed by atoms with van der Waals surface area (Å²) < 4.78 is 48.8. The number of carbonyl (C=O) groups is 1. The molecule has 0 aromatic rings. The molecule has 0 amide bonds. The van der Waals surface area contributed by atoms with E-state index in [2.05, 4.69) is 40.7 Å². The van der Waals surface area contributed by atoms with Crippen LogP contribution in [0, 0.1) is 50.7 Å². The highest BCUT2D eigenvalue weighted by atomic mass is 16.8. The molecule has 75 heavy (non-hydrogen) atoms. The van der Waals surface area contributed by atoms with Gasteiger partial charge >= 0.3 is 5.97 Å². The summed E-state index contributed by atoms with van der Waals surface area (Å²) in [7, 11) is 0. The summed E-state index contributed by atoms with van der Waals surface area (Å²) in [6, 6.07) is 0. The first-order valence-electron chi connectivity index (χ1n) is 27.3. The summed E-state index contributed by atoms with van der Waals surface area (Å²) in [6.45, 7) is 14.8. The topological polar surface area (TPSA) is 354 Å². The van der Waals surface area contributed by atoms with E-state index in [0.717, 1.165) is 24.8 Å². The monoisotopic (exact) mass is 1070 g/mol. The number of hydrogen-bond donors (Lipinski definition) is 13. The molecule has 0 aromatic carbocycles. The summed E-state index contributed by atoms with van der Waals surface area (Å²) in [5.41, 5.74) is -3.15. The quantitative estimate of drug-likeness (QED) is 0.0680. The second kappa shape index (κ2) is 20.7. The molecule has 22 nitrogen and oxygen atoms in total. The number of esters is 1. The summed E-state index contributed by atoms with van der Waals surface area (Å²) in [5, 5.41) is 140. The van der Waals surface area contributed by atoms with Gasteiger partial charge in [-0.1, -0.05) is 53.2 Å². The van der Waals surface area contributed by atoms with Crippen molar-refractivity contribution in [2.24, 2.45) is 50.7 Å². The molecule has 29 atom stereocenters. The van der Waals surface area contributed by atoms with Gasteiger partial charge in [0.15, 0.2) is 18.9 Å². The molecule has 0 aromatic heterocycles. The van der Waals surface area contributed by atoms with Gasteiger partial charge in [0.25, 0.3) is 0 Å². The first kappa shape index (κ1) is 58.1. The molecule has 4 saturated heterocycles. The summed E-state index contributed by atoms with van der Waals surface area (Å²) in [6.07, 6.45) is -22.6. The number of carbonyl (C=O) groups excluding carboxylic acids is 1. The van der Waals surface area contributed by atoms with Crippen LogP contribution in [0.3, 0.4) is 0 Å². The third-order valence-corrected chi connectivity index (χ3v) is 21.4. The lowest BCUT2D eigenvalue weighted by atomic mass is 9.33. The van der Waals surface area contributed by atoms with Gasteiger partial charge in [-0.05, 0) is 111 Å². The van der Waals surface area contributed by atoms with Crippen LogP contribution < -0.4 is 0 Å². The highest BCUT2D eigenvalue weighted by molar-refractivity contribution is 5.79. The zero-order valence-corrected chi connectivity index (χ0v) is 44.4. The molecule has 22 heteroatoms. The molecule has 430 valence electrons. The van der Waals surface area contributed by atoms with E-state index in [0.29, 0.717) is 38.5 Å². The number of allylic oxidation sites excluding steroid dienone is 1. The molecule has 0 radical (unpaired) electrons. The van der Waals surface area contributed by atoms with Gasteiger partial charge in [0.1, 0.15) is 85.5 Å². The second-order valence-corrected chi connectivity index (χ2v) is 25.5. The van der Waals surface area contributed by atoms with Gasteiger partial charge < -0.3 is 104 Å². The summed E-state index contributed by atoms with van der Waals surface area (Å²) >= 11 is 0. The van der Waals surface area contributed by atoms with E-state index in [1.165, 1.54) is 6.92 Å². The van der Waals surface area contributed by atoms with Crippen molar-refractivity contribution in [1.82, 2.24) is 0 Å². The Morgan fingerprint density at radius 3 is 1.81 bits per heavy atom. The third-order valence-electron chi connectivity index (χ3n) is 21.4. The van der Waals surface area contributed by atoms with Crippen LogP contribution >= 0.6 is 0 Å². The van der Waals surface area contributed by atoms with Crippen LogP contribution in [-0.4, -0.2) is 221 Å². The van der Waals surface area contributed by atoms with Gasteiger partial charge in [-0.3, -0.25) is 4.79 Å². The van der Waals surface area contributed by atoms with Crippen LogP contribution in [-0.2, 0) is 42.7 Å². The van der Waals surface area contributed by atoms with Crippen LogP contribution in [0.2, 0.25) is 0 Å². The van der Waals surface area contributed by atoms with Crippen LogP contribution in [0.25, 0.3) is 0 Å². The molecule has 0 bridgehead atoms. The Balaban J connectivity index is 0.986. The molecule has 5 aliphatic carbocycles. The lowest BCUT2D eigenvalue weighted by Gasteiger charge is -2.72.